The van der Waals surface area contributed by atoms with E-state index in [2.05, 4.69) is 303 Å². The highest BCUT2D eigenvalue weighted by Gasteiger charge is 2.12. The van der Waals surface area contributed by atoms with Crippen LogP contribution in [0.2, 0.25) is 0 Å². The minimum atomic E-state index is 0.781. The van der Waals surface area contributed by atoms with Crippen molar-refractivity contribution >= 4 is 165 Å². The van der Waals surface area contributed by atoms with Gasteiger partial charge in [0.2, 0.25) is 0 Å². The second-order valence-electron chi connectivity index (χ2n) is 29.4. The van der Waals surface area contributed by atoms with E-state index in [1.807, 2.05) is 11.8 Å². The first-order valence-electron chi connectivity index (χ1n) is 39.6. The number of fused-ring (bicyclic) bond motifs is 20. The number of hydrogen-bond acceptors (Lipinski definition) is 5. The predicted octanol–water partition coefficient (Wildman–Crippen LogP) is 31.6. The maximum atomic E-state index is 6.08. The normalized spacial score (nSPS) is 11.5. The van der Waals surface area contributed by atoms with Crippen molar-refractivity contribution < 1.29 is 9.47 Å². The van der Waals surface area contributed by atoms with Gasteiger partial charge in [-0.3, -0.25) is 0 Å². The van der Waals surface area contributed by atoms with Crippen LogP contribution in [0.15, 0.2) is 252 Å². The zero-order chi connectivity index (χ0) is 73.1. The summed E-state index contributed by atoms with van der Waals surface area (Å²) in [4.78, 5) is 2.69. The Morgan fingerprint density at radius 2 is 0.528 bits per heavy atom. The molecule has 0 radical (unpaired) electrons. The summed E-state index contributed by atoms with van der Waals surface area (Å²) in [6, 6.07) is 89.6. The Labute approximate surface area is 644 Å². The second kappa shape index (κ2) is 37.2. The molecule has 0 spiro atoms. The van der Waals surface area contributed by atoms with Crippen molar-refractivity contribution in [1.82, 2.24) is 0 Å². The molecule has 5 heteroatoms. The maximum Gasteiger partial charge on any atom is 0.119 e. The molecule has 0 amide bonds. The second-order valence-corrected chi connectivity index (χ2v) is 31.7. The van der Waals surface area contributed by atoms with Crippen LogP contribution in [0.25, 0.3) is 129 Å². The summed E-state index contributed by atoms with van der Waals surface area (Å²) in [6.07, 6.45) is 26.0. The predicted molar refractivity (Wildman–Crippen MR) is 476 cm³/mol. The molecule has 0 aliphatic heterocycles. The average molecular weight is 1450 g/mol. The van der Waals surface area contributed by atoms with Crippen LogP contribution in [0.4, 0.5) is 0 Å². The van der Waals surface area contributed by atoms with E-state index in [1.165, 1.54) is 270 Å². The van der Waals surface area contributed by atoms with Crippen molar-refractivity contribution in [2.45, 2.75) is 173 Å². The van der Waals surface area contributed by atoms with E-state index in [4.69, 9.17) is 9.47 Å². The lowest BCUT2D eigenvalue weighted by molar-refractivity contribution is 0.304. The number of unbranched alkanes of at least 4 members (excludes halogenated alkanes) is 15. The quantitative estimate of drug-likeness (QED) is 0.0252. The van der Waals surface area contributed by atoms with Crippen LogP contribution in [0, 0.1) is 20.8 Å². The highest BCUT2D eigenvalue weighted by Crippen LogP contribution is 2.39. The van der Waals surface area contributed by atoms with Crippen molar-refractivity contribution in [3.63, 3.8) is 0 Å². The molecular weight excluding hydrogens is 1340 g/mol. The molecule has 540 valence electrons. The van der Waals surface area contributed by atoms with Gasteiger partial charge < -0.3 is 9.47 Å². The van der Waals surface area contributed by atoms with Gasteiger partial charge in [0.15, 0.2) is 0 Å². The number of benzene rings is 16. The highest BCUT2D eigenvalue weighted by atomic mass is 32.2. The Morgan fingerprint density at radius 1 is 0.255 bits per heavy atom. The van der Waals surface area contributed by atoms with E-state index in [-0.39, 0.29) is 0 Å². The van der Waals surface area contributed by atoms with E-state index in [9.17, 15) is 0 Å². The van der Waals surface area contributed by atoms with Gasteiger partial charge in [0.25, 0.3) is 0 Å². The van der Waals surface area contributed by atoms with Gasteiger partial charge in [-0.05, 0) is 235 Å². The fourth-order valence-corrected chi connectivity index (χ4v) is 17.2. The smallest absolute Gasteiger partial charge is 0.119 e. The fourth-order valence-electron chi connectivity index (χ4n) is 15.6. The molecule has 0 heterocycles. The van der Waals surface area contributed by atoms with Crippen LogP contribution < -0.4 is 9.47 Å². The van der Waals surface area contributed by atoms with Gasteiger partial charge in [-0.25, -0.2) is 0 Å². The van der Waals surface area contributed by atoms with Gasteiger partial charge >= 0.3 is 0 Å². The number of thiol groups is 1. The van der Waals surface area contributed by atoms with Gasteiger partial charge in [0.05, 0.1) is 13.2 Å². The summed E-state index contributed by atoms with van der Waals surface area (Å²) in [6.45, 7) is 14.9. The zero-order valence-corrected chi connectivity index (χ0v) is 66.3. The van der Waals surface area contributed by atoms with Crippen molar-refractivity contribution in [3.8, 4) is 11.5 Å². The third kappa shape index (κ3) is 18.4. The number of aryl methyl sites for hydroxylation is 3. The van der Waals surface area contributed by atoms with Gasteiger partial charge in [-0.1, -0.05) is 328 Å². The molecular formula is C101H106O2S3. The molecule has 0 aromatic heterocycles. The van der Waals surface area contributed by atoms with Crippen LogP contribution in [-0.4, -0.2) is 25.2 Å². The lowest BCUT2D eigenvalue weighted by Gasteiger charge is -2.11. The minimum absolute atomic E-state index is 0.781. The molecule has 0 aliphatic rings. The van der Waals surface area contributed by atoms with Crippen LogP contribution in [0.3, 0.4) is 0 Å². The monoisotopic (exact) mass is 1450 g/mol. The minimum Gasteiger partial charge on any atom is -0.494 e. The molecule has 2 nitrogen and oxygen atoms in total. The summed E-state index contributed by atoms with van der Waals surface area (Å²) < 4.78 is 12.1. The van der Waals surface area contributed by atoms with Gasteiger partial charge in [-0.15, -0.1) is 23.5 Å². The van der Waals surface area contributed by atoms with Crippen LogP contribution in [-0.2, 0) is 5.75 Å². The largest absolute Gasteiger partial charge is 0.494 e. The molecule has 0 unspecified atom stereocenters. The van der Waals surface area contributed by atoms with E-state index >= 15 is 0 Å². The van der Waals surface area contributed by atoms with Crippen molar-refractivity contribution in [3.05, 3.63) is 265 Å². The molecule has 0 fully saturated rings. The van der Waals surface area contributed by atoms with E-state index in [1.54, 1.807) is 11.8 Å². The average Bonchev–Trinajstić information content (AvgIpc) is 0.781. The molecule has 0 N–H and O–H groups in total. The number of hydrogen-bond donors (Lipinski definition) is 1. The van der Waals surface area contributed by atoms with Gasteiger partial charge in [-0.2, -0.15) is 12.6 Å². The molecule has 0 saturated carbocycles. The Kier molecular flexibility index (Phi) is 26.5. The summed E-state index contributed by atoms with van der Waals surface area (Å²) in [5.41, 5.74) is 5.19. The van der Waals surface area contributed by atoms with E-state index in [0.717, 1.165) is 43.3 Å². The fraction of sp³-hybridized carbons (Fsp3) is 0.287. The molecule has 0 aliphatic carbocycles. The summed E-state index contributed by atoms with van der Waals surface area (Å²) in [5.74, 6) is 3.96. The molecule has 106 heavy (non-hydrogen) atoms. The van der Waals surface area contributed by atoms with Crippen LogP contribution >= 0.6 is 36.2 Å². The van der Waals surface area contributed by atoms with E-state index < -0.39 is 0 Å². The number of ether oxygens (including phenoxy) is 2. The molecule has 16 rings (SSSR count). The summed E-state index contributed by atoms with van der Waals surface area (Å²) in [7, 11) is 0. The summed E-state index contributed by atoms with van der Waals surface area (Å²) in [5, 5.41) is 31.7. The highest BCUT2D eigenvalue weighted by molar-refractivity contribution is 7.99. The zero-order valence-electron chi connectivity index (χ0n) is 63.7. The topological polar surface area (TPSA) is 18.5 Å². The lowest BCUT2D eigenvalue weighted by Crippen LogP contribution is -1.97. The van der Waals surface area contributed by atoms with Crippen LogP contribution in [0.5, 0.6) is 11.5 Å². The number of thioether (sulfide) groups is 2. The van der Waals surface area contributed by atoms with Crippen molar-refractivity contribution in [2.75, 3.05) is 25.2 Å². The SMILES string of the molecule is CCCCCCCCCCCCOc1ccc2c(ccc3c4ccc(C)cc4ccc23)c1.CCCCCCCCOc1ccc2c(ccc3c4ccc(C)cc4ccc23)c1.CCCCSc1ccc2c(ccc3c4ccc(C)cc4ccc23)c1.CSc1ccc2c(ccc3c4ccc(CS)cc4ccc23)c1. The Morgan fingerprint density at radius 3 is 0.877 bits per heavy atom. The third-order valence-electron chi connectivity index (χ3n) is 21.5. The standard InChI is InChI=1S/C31H38O.C27H30O.C23H22S.C20H16S2/c1-3-4-5-6-7-8-9-10-11-12-21-32-27-16-20-29-26(23-27)15-19-30-28-17-13-24(2)22-25(28)14-18-31(29)30;1-3-4-5-6-7-8-17-28-23-12-16-25-22(19-23)11-15-26-24-13-9-20(2)18-21(24)10-14-27(25)26;1-3-4-13-24-19-8-12-21-18(15-19)7-11-22-20-9-5-16(2)14-17(20)6-10-23(21)22;1-22-16-5-9-18-15(11-16)4-8-19-17-6-2-13(12-21)10-14(17)3-7-20(18)19/h13-20,22-23H,3-12,21H2,1-2H3;9-16,18-19H,3-8,17H2,1-2H3;5-12,14-15H,3-4,13H2,1-2H3;2-11,21H,12H2,1H3. The van der Waals surface area contributed by atoms with Crippen molar-refractivity contribution in [1.29, 1.82) is 0 Å². The first-order chi connectivity index (χ1) is 52.1. The molecule has 0 saturated heterocycles. The van der Waals surface area contributed by atoms with Crippen molar-refractivity contribution in [2.24, 2.45) is 0 Å². The van der Waals surface area contributed by atoms with E-state index in [0.29, 0.717) is 0 Å². The molecule has 0 bridgehead atoms. The summed E-state index contributed by atoms with van der Waals surface area (Å²) >= 11 is 8.13. The Bertz CT molecular complexity index is 5610. The van der Waals surface area contributed by atoms with Gasteiger partial charge in [0.1, 0.15) is 11.5 Å². The lowest BCUT2D eigenvalue weighted by atomic mass is 9.96. The first kappa shape index (κ1) is 75.5. The Hall–Kier alpha value is -8.71. The third-order valence-corrected chi connectivity index (χ3v) is 23.6. The molecule has 0 atom stereocenters. The molecule has 16 aromatic carbocycles. The first-order valence-corrected chi connectivity index (χ1v) is 42.4. The van der Waals surface area contributed by atoms with Crippen LogP contribution in [0.1, 0.15) is 159 Å². The Balaban J connectivity index is 0.000000126. The molecule has 16 aromatic rings. The maximum absolute atomic E-state index is 6.08. The number of rotatable bonds is 26. The van der Waals surface area contributed by atoms with Gasteiger partial charge in [0, 0.05) is 15.5 Å².